The number of Topliss-reactive ketones (excluding diaryl/α,β-unsaturated/α-hetero) is 1. The van der Waals surface area contributed by atoms with Crippen LogP contribution in [0.2, 0.25) is 5.02 Å². The Labute approximate surface area is 117 Å². The second kappa shape index (κ2) is 6.46. The van der Waals surface area contributed by atoms with E-state index in [0.29, 0.717) is 13.2 Å². The summed E-state index contributed by atoms with van der Waals surface area (Å²) in [5, 5.41) is 0.266. The summed E-state index contributed by atoms with van der Waals surface area (Å²) >= 11 is 5.95. The Morgan fingerprint density at radius 2 is 2.37 bits per heavy atom. The Bertz CT molecular complexity index is 465. The number of ether oxygens (including phenoxy) is 1. The lowest BCUT2D eigenvalue weighted by Crippen LogP contribution is -2.46. The highest BCUT2D eigenvalue weighted by Crippen LogP contribution is 2.21. The molecule has 0 saturated carbocycles. The molecular formula is C14H17ClFNO2. The van der Waals surface area contributed by atoms with Crippen LogP contribution < -0.4 is 0 Å². The topological polar surface area (TPSA) is 29.5 Å². The molecule has 1 fully saturated rings. The molecule has 1 aliphatic rings. The van der Waals surface area contributed by atoms with E-state index in [1.54, 1.807) is 0 Å². The molecule has 2 rings (SSSR count). The molecule has 5 heteroatoms. The molecule has 1 saturated heterocycles. The van der Waals surface area contributed by atoms with E-state index < -0.39 is 11.9 Å². The standard InChI is InChI=1S/C14H17ClFNO2/c1-2-5-17-6-7-19-13(9-17)14(18)11-8-10(16)3-4-12(11)15/h3-4,8,13H,2,5-7,9H2,1H3. The Hall–Kier alpha value is -0.970. The Kier molecular flexibility index (Phi) is 4.91. The number of morpholine rings is 1. The normalized spacial score (nSPS) is 20.5. The van der Waals surface area contributed by atoms with Crippen molar-refractivity contribution in [2.75, 3.05) is 26.2 Å². The number of hydrogen-bond donors (Lipinski definition) is 0. The monoisotopic (exact) mass is 285 g/mol. The van der Waals surface area contributed by atoms with Gasteiger partial charge in [-0.05, 0) is 31.2 Å². The maximum Gasteiger partial charge on any atom is 0.194 e. The van der Waals surface area contributed by atoms with Gasteiger partial charge in [-0.2, -0.15) is 0 Å². The third kappa shape index (κ3) is 3.53. The smallest absolute Gasteiger partial charge is 0.194 e. The van der Waals surface area contributed by atoms with Crippen LogP contribution in [0.15, 0.2) is 18.2 Å². The van der Waals surface area contributed by atoms with E-state index in [1.165, 1.54) is 18.2 Å². The number of carbonyl (C=O) groups is 1. The fourth-order valence-electron chi connectivity index (χ4n) is 2.24. The first-order valence-electron chi connectivity index (χ1n) is 6.45. The van der Waals surface area contributed by atoms with Crippen molar-refractivity contribution in [3.8, 4) is 0 Å². The predicted molar refractivity (Wildman–Crippen MR) is 72.2 cm³/mol. The molecule has 1 aliphatic heterocycles. The summed E-state index contributed by atoms with van der Waals surface area (Å²) in [5.74, 6) is -0.709. The number of ketones is 1. The van der Waals surface area contributed by atoms with E-state index >= 15 is 0 Å². The lowest BCUT2D eigenvalue weighted by Gasteiger charge is -2.31. The molecular weight excluding hydrogens is 269 g/mol. The third-order valence-electron chi connectivity index (χ3n) is 3.18. The van der Waals surface area contributed by atoms with Crippen molar-refractivity contribution in [2.45, 2.75) is 19.4 Å². The summed E-state index contributed by atoms with van der Waals surface area (Å²) in [4.78, 5) is 14.5. The molecule has 104 valence electrons. The van der Waals surface area contributed by atoms with Gasteiger partial charge in [0, 0.05) is 18.7 Å². The van der Waals surface area contributed by atoms with Gasteiger partial charge in [0.2, 0.25) is 0 Å². The summed E-state index contributed by atoms with van der Waals surface area (Å²) in [6.07, 6.45) is 0.473. The number of hydrogen-bond acceptors (Lipinski definition) is 3. The summed E-state index contributed by atoms with van der Waals surface area (Å²) in [5.41, 5.74) is 0.199. The largest absolute Gasteiger partial charge is 0.367 e. The predicted octanol–water partition coefficient (Wildman–Crippen LogP) is 2.77. The van der Waals surface area contributed by atoms with E-state index in [4.69, 9.17) is 16.3 Å². The van der Waals surface area contributed by atoms with Crippen LogP contribution in [0.25, 0.3) is 0 Å². The van der Waals surface area contributed by atoms with Crippen molar-refractivity contribution >= 4 is 17.4 Å². The molecule has 19 heavy (non-hydrogen) atoms. The summed E-state index contributed by atoms with van der Waals surface area (Å²) in [7, 11) is 0. The highest BCUT2D eigenvalue weighted by atomic mass is 35.5. The van der Waals surface area contributed by atoms with E-state index in [2.05, 4.69) is 11.8 Å². The minimum absolute atomic E-state index is 0.199. The number of halogens is 2. The van der Waals surface area contributed by atoms with Gasteiger partial charge in [0.15, 0.2) is 5.78 Å². The molecule has 1 unspecified atom stereocenters. The molecule has 1 heterocycles. The van der Waals surface area contributed by atoms with Crippen LogP contribution in [-0.4, -0.2) is 43.0 Å². The highest BCUT2D eigenvalue weighted by molar-refractivity contribution is 6.34. The van der Waals surface area contributed by atoms with Gasteiger partial charge >= 0.3 is 0 Å². The fourth-order valence-corrected chi connectivity index (χ4v) is 2.45. The molecule has 1 aromatic rings. The average molecular weight is 286 g/mol. The van der Waals surface area contributed by atoms with Gasteiger partial charge in [-0.15, -0.1) is 0 Å². The van der Waals surface area contributed by atoms with Crippen LogP contribution in [0.5, 0.6) is 0 Å². The van der Waals surface area contributed by atoms with Crippen molar-refractivity contribution < 1.29 is 13.9 Å². The van der Waals surface area contributed by atoms with Gasteiger partial charge in [-0.3, -0.25) is 9.69 Å². The van der Waals surface area contributed by atoms with Crippen molar-refractivity contribution in [3.05, 3.63) is 34.6 Å². The van der Waals surface area contributed by atoms with Gasteiger partial charge in [0.05, 0.1) is 11.6 Å². The second-order valence-electron chi connectivity index (χ2n) is 4.65. The molecule has 0 bridgehead atoms. The van der Waals surface area contributed by atoms with Gasteiger partial charge in [-0.1, -0.05) is 18.5 Å². The molecule has 1 atom stereocenters. The van der Waals surface area contributed by atoms with Crippen LogP contribution in [0, 0.1) is 5.82 Å². The van der Waals surface area contributed by atoms with E-state index in [0.717, 1.165) is 19.5 Å². The van der Waals surface area contributed by atoms with E-state index in [1.807, 2.05) is 0 Å². The van der Waals surface area contributed by atoms with Crippen LogP contribution in [0.4, 0.5) is 4.39 Å². The van der Waals surface area contributed by atoms with Crippen molar-refractivity contribution in [2.24, 2.45) is 0 Å². The summed E-state index contributed by atoms with van der Waals surface area (Å²) < 4.78 is 18.7. The molecule has 3 nitrogen and oxygen atoms in total. The minimum atomic E-state index is -0.556. The zero-order valence-corrected chi connectivity index (χ0v) is 11.6. The number of rotatable bonds is 4. The van der Waals surface area contributed by atoms with Gasteiger partial charge in [0.25, 0.3) is 0 Å². The Morgan fingerprint density at radius 3 is 3.11 bits per heavy atom. The molecule has 0 amide bonds. The van der Waals surface area contributed by atoms with Gasteiger partial charge in [-0.25, -0.2) is 4.39 Å². The van der Waals surface area contributed by atoms with Crippen LogP contribution >= 0.6 is 11.6 Å². The van der Waals surface area contributed by atoms with Crippen molar-refractivity contribution in [1.82, 2.24) is 4.90 Å². The zero-order valence-electron chi connectivity index (χ0n) is 10.9. The van der Waals surface area contributed by atoms with E-state index in [9.17, 15) is 9.18 Å². The molecule has 0 N–H and O–H groups in total. The third-order valence-corrected chi connectivity index (χ3v) is 3.51. The highest BCUT2D eigenvalue weighted by Gasteiger charge is 2.28. The minimum Gasteiger partial charge on any atom is -0.367 e. The van der Waals surface area contributed by atoms with Gasteiger partial charge < -0.3 is 4.74 Å². The zero-order chi connectivity index (χ0) is 13.8. The second-order valence-corrected chi connectivity index (χ2v) is 5.06. The van der Waals surface area contributed by atoms with Crippen molar-refractivity contribution in [1.29, 1.82) is 0 Å². The molecule has 1 aromatic carbocycles. The summed E-state index contributed by atoms with van der Waals surface area (Å²) in [6, 6.07) is 3.81. The van der Waals surface area contributed by atoms with E-state index in [-0.39, 0.29) is 16.4 Å². The first-order valence-corrected chi connectivity index (χ1v) is 6.83. The molecule has 0 spiro atoms. The van der Waals surface area contributed by atoms with Crippen LogP contribution in [0.3, 0.4) is 0 Å². The maximum atomic E-state index is 13.2. The number of carbonyl (C=O) groups excluding carboxylic acids is 1. The molecule has 0 aliphatic carbocycles. The Morgan fingerprint density at radius 1 is 1.58 bits per heavy atom. The Balaban J connectivity index is 2.12. The summed E-state index contributed by atoms with van der Waals surface area (Å²) in [6.45, 7) is 4.91. The van der Waals surface area contributed by atoms with Crippen molar-refractivity contribution in [3.63, 3.8) is 0 Å². The first kappa shape index (κ1) is 14.4. The average Bonchev–Trinajstić information content (AvgIpc) is 2.41. The first-order chi connectivity index (χ1) is 9.11. The number of benzene rings is 1. The van der Waals surface area contributed by atoms with Crippen LogP contribution in [-0.2, 0) is 4.74 Å². The van der Waals surface area contributed by atoms with Crippen LogP contribution in [0.1, 0.15) is 23.7 Å². The lowest BCUT2D eigenvalue weighted by molar-refractivity contribution is -0.0163. The molecule has 0 radical (unpaired) electrons. The molecule has 0 aromatic heterocycles. The quantitative estimate of drug-likeness (QED) is 0.797. The lowest BCUT2D eigenvalue weighted by atomic mass is 10.0. The fraction of sp³-hybridized carbons (Fsp3) is 0.500. The van der Waals surface area contributed by atoms with Gasteiger partial charge in [0.1, 0.15) is 11.9 Å². The maximum absolute atomic E-state index is 13.2. The number of nitrogens with zero attached hydrogens (tertiary/aromatic N) is 1. The SMILES string of the molecule is CCCN1CCOC(C(=O)c2cc(F)ccc2Cl)C1.